The Balaban J connectivity index is 2.22. The molecule has 0 aromatic heterocycles. The number of hydrogen-bond donors (Lipinski definition) is 0. The van der Waals surface area contributed by atoms with Crippen LogP contribution in [0, 0.1) is 0 Å². The number of rotatable bonds is 3. The van der Waals surface area contributed by atoms with Crippen LogP contribution in [0.15, 0.2) is 29.2 Å². The quantitative estimate of drug-likeness (QED) is 0.846. The van der Waals surface area contributed by atoms with E-state index < -0.39 is 10.0 Å². The fourth-order valence-electron chi connectivity index (χ4n) is 1.98. The highest BCUT2D eigenvalue weighted by atomic mass is 32.2. The van der Waals surface area contributed by atoms with E-state index in [1.54, 1.807) is 16.7 Å². The first kappa shape index (κ1) is 15.3. The highest BCUT2D eigenvalue weighted by Crippen LogP contribution is 2.33. The van der Waals surface area contributed by atoms with Gasteiger partial charge in [0.1, 0.15) is 0 Å². The first-order chi connectivity index (χ1) is 9.39. The van der Waals surface area contributed by atoms with Gasteiger partial charge in [-0.2, -0.15) is 4.31 Å². The second kappa shape index (κ2) is 6.15. The van der Waals surface area contributed by atoms with Crippen LogP contribution in [0.1, 0.15) is 6.42 Å². The number of thioether (sulfide) groups is 1. The highest BCUT2D eigenvalue weighted by Gasteiger charge is 2.24. The Labute approximate surface area is 124 Å². The monoisotopic (exact) mass is 314 g/mol. The summed E-state index contributed by atoms with van der Waals surface area (Å²) in [6, 6.07) is 7.74. The molecular formula is C13H18N2O3S2. The molecule has 20 heavy (non-hydrogen) atoms. The van der Waals surface area contributed by atoms with Crippen molar-refractivity contribution < 1.29 is 13.2 Å². The second-order valence-electron chi connectivity index (χ2n) is 4.73. The van der Waals surface area contributed by atoms with Crippen molar-refractivity contribution in [2.24, 2.45) is 0 Å². The van der Waals surface area contributed by atoms with Gasteiger partial charge in [-0.15, -0.1) is 11.8 Å². The normalized spacial score (nSPS) is 15.8. The molecule has 0 spiro atoms. The third-order valence-corrected chi connectivity index (χ3v) is 5.58. The zero-order chi connectivity index (χ0) is 14.8. The van der Waals surface area contributed by atoms with Crippen molar-refractivity contribution in [2.75, 3.05) is 37.0 Å². The van der Waals surface area contributed by atoms with Crippen LogP contribution in [-0.2, 0) is 14.8 Å². The van der Waals surface area contributed by atoms with Gasteiger partial charge >= 0.3 is 0 Å². The number of nitrogens with zero attached hydrogens (tertiary/aromatic N) is 2. The Morgan fingerprint density at radius 3 is 2.80 bits per heavy atom. The summed E-state index contributed by atoms with van der Waals surface area (Å²) in [5.74, 6) is 0.774. The highest BCUT2D eigenvalue weighted by molar-refractivity contribution is 7.99. The van der Waals surface area contributed by atoms with Gasteiger partial charge in [0.2, 0.25) is 15.9 Å². The fourth-order valence-corrected chi connectivity index (χ4v) is 3.32. The first-order valence-corrected chi connectivity index (χ1v) is 9.16. The summed E-state index contributed by atoms with van der Waals surface area (Å²) in [5, 5.41) is 0. The predicted octanol–water partition coefficient (Wildman–Crippen LogP) is 1.41. The van der Waals surface area contributed by atoms with Crippen molar-refractivity contribution in [3.8, 4) is 0 Å². The summed E-state index contributed by atoms with van der Waals surface area (Å²) in [5.41, 5.74) is 0.877. The van der Waals surface area contributed by atoms with Gasteiger partial charge in [0.15, 0.2) is 0 Å². The third kappa shape index (κ3) is 3.53. The minimum Gasteiger partial charge on any atom is -0.310 e. The molecule has 0 saturated heterocycles. The molecule has 0 N–H and O–H groups in total. The summed E-state index contributed by atoms with van der Waals surface area (Å²) in [4.78, 5) is 15.1. The Morgan fingerprint density at radius 1 is 1.40 bits per heavy atom. The number of benzene rings is 1. The lowest BCUT2D eigenvalue weighted by atomic mass is 10.2. The van der Waals surface area contributed by atoms with E-state index in [-0.39, 0.29) is 12.5 Å². The van der Waals surface area contributed by atoms with E-state index in [2.05, 4.69) is 0 Å². The lowest BCUT2D eigenvalue weighted by Gasteiger charge is -2.24. The Kier molecular flexibility index (Phi) is 4.72. The molecule has 1 heterocycles. The van der Waals surface area contributed by atoms with Crippen LogP contribution in [0.25, 0.3) is 0 Å². The molecule has 0 atom stereocenters. The Bertz CT molecular complexity index is 601. The van der Waals surface area contributed by atoms with Crippen molar-refractivity contribution in [3.05, 3.63) is 24.3 Å². The lowest BCUT2D eigenvalue weighted by Crippen LogP contribution is -2.41. The molecular weight excluding hydrogens is 296 g/mol. The molecule has 0 radical (unpaired) electrons. The molecule has 1 amide bonds. The van der Waals surface area contributed by atoms with Gasteiger partial charge in [-0.1, -0.05) is 12.1 Å². The molecule has 1 aromatic carbocycles. The molecule has 1 aliphatic rings. The molecule has 0 saturated carbocycles. The average molecular weight is 314 g/mol. The first-order valence-electron chi connectivity index (χ1n) is 6.33. The van der Waals surface area contributed by atoms with E-state index in [9.17, 15) is 13.2 Å². The molecule has 0 bridgehead atoms. The van der Waals surface area contributed by atoms with Crippen LogP contribution in [0.2, 0.25) is 0 Å². The van der Waals surface area contributed by atoms with Crippen LogP contribution >= 0.6 is 11.8 Å². The second-order valence-corrected chi connectivity index (χ2v) is 7.96. The number of amides is 1. The Morgan fingerprint density at radius 2 is 2.10 bits per heavy atom. The average Bonchev–Trinajstić information content (AvgIpc) is 2.59. The molecule has 0 aliphatic carbocycles. The van der Waals surface area contributed by atoms with E-state index in [4.69, 9.17) is 0 Å². The van der Waals surface area contributed by atoms with Gasteiger partial charge in [0.25, 0.3) is 0 Å². The van der Waals surface area contributed by atoms with Crippen molar-refractivity contribution in [2.45, 2.75) is 11.3 Å². The molecule has 7 heteroatoms. The summed E-state index contributed by atoms with van der Waals surface area (Å²) in [7, 11) is -1.92. The van der Waals surface area contributed by atoms with Gasteiger partial charge < -0.3 is 4.90 Å². The number of sulfonamides is 1. The maximum Gasteiger partial charge on any atom is 0.242 e. The summed E-state index contributed by atoms with van der Waals surface area (Å²) >= 11 is 1.73. The smallest absolute Gasteiger partial charge is 0.242 e. The van der Waals surface area contributed by atoms with E-state index in [1.807, 2.05) is 24.3 Å². The zero-order valence-electron chi connectivity index (χ0n) is 11.6. The summed E-state index contributed by atoms with van der Waals surface area (Å²) in [6.45, 7) is 0.498. The number of fused-ring (bicyclic) bond motifs is 1. The number of hydrogen-bond acceptors (Lipinski definition) is 4. The van der Waals surface area contributed by atoms with Crippen molar-refractivity contribution in [3.63, 3.8) is 0 Å². The predicted molar refractivity (Wildman–Crippen MR) is 81.6 cm³/mol. The molecule has 2 rings (SSSR count). The fraction of sp³-hybridized carbons (Fsp3) is 0.462. The van der Waals surface area contributed by atoms with Gasteiger partial charge in [0, 0.05) is 18.5 Å². The molecule has 5 nitrogen and oxygen atoms in total. The van der Waals surface area contributed by atoms with Crippen LogP contribution in [0.5, 0.6) is 0 Å². The number of carbonyl (C=O) groups is 1. The van der Waals surface area contributed by atoms with Gasteiger partial charge in [-0.25, -0.2) is 8.42 Å². The van der Waals surface area contributed by atoms with E-state index in [0.717, 1.165) is 33.3 Å². The van der Waals surface area contributed by atoms with Crippen molar-refractivity contribution in [1.29, 1.82) is 0 Å². The largest absolute Gasteiger partial charge is 0.310 e. The van der Waals surface area contributed by atoms with Crippen LogP contribution in [-0.4, -0.2) is 50.8 Å². The molecule has 1 aliphatic heterocycles. The van der Waals surface area contributed by atoms with E-state index >= 15 is 0 Å². The molecule has 110 valence electrons. The number of likely N-dealkylation sites (N-methyl/N-ethyl adjacent to an activating group) is 1. The topological polar surface area (TPSA) is 57.7 Å². The zero-order valence-corrected chi connectivity index (χ0v) is 13.2. The molecule has 0 unspecified atom stereocenters. The maximum absolute atomic E-state index is 12.4. The number of para-hydroxylation sites is 1. The SMILES string of the molecule is CN(CC(=O)N1CCCSc2ccccc21)S(C)(=O)=O. The minimum atomic E-state index is -3.34. The van der Waals surface area contributed by atoms with Crippen LogP contribution < -0.4 is 4.90 Å². The molecule has 1 aromatic rings. The van der Waals surface area contributed by atoms with Crippen molar-refractivity contribution in [1.82, 2.24) is 4.31 Å². The standard InChI is InChI=1S/C13H18N2O3S2/c1-14(20(2,17)18)10-13(16)15-8-5-9-19-12-7-4-3-6-11(12)15/h3-4,6-7H,5,8-10H2,1-2H3. The van der Waals surface area contributed by atoms with Crippen molar-refractivity contribution >= 4 is 33.4 Å². The number of carbonyl (C=O) groups excluding carboxylic acids is 1. The van der Waals surface area contributed by atoms with Gasteiger partial charge in [-0.3, -0.25) is 4.79 Å². The van der Waals surface area contributed by atoms with E-state index in [0.29, 0.717) is 6.54 Å². The maximum atomic E-state index is 12.4. The Hall–Kier alpha value is -1.05. The van der Waals surface area contributed by atoms with Crippen LogP contribution in [0.4, 0.5) is 5.69 Å². The van der Waals surface area contributed by atoms with Crippen LogP contribution in [0.3, 0.4) is 0 Å². The van der Waals surface area contributed by atoms with E-state index in [1.165, 1.54) is 7.05 Å². The lowest BCUT2D eigenvalue weighted by molar-refractivity contribution is -0.118. The summed E-state index contributed by atoms with van der Waals surface area (Å²) < 4.78 is 23.9. The summed E-state index contributed by atoms with van der Waals surface area (Å²) in [6.07, 6.45) is 2.00. The minimum absolute atomic E-state index is 0.127. The third-order valence-electron chi connectivity index (χ3n) is 3.16. The molecule has 0 fully saturated rings. The number of anilines is 1. The van der Waals surface area contributed by atoms with Gasteiger partial charge in [-0.05, 0) is 24.3 Å². The van der Waals surface area contributed by atoms with Gasteiger partial charge in [0.05, 0.1) is 18.5 Å².